The first kappa shape index (κ1) is 15.6. The van der Waals surface area contributed by atoms with Crippen molar-refractivity contribution in [3.63, 3.8) is 0 Å². The first-order valence-corrected chi connectivity index (χ1v) is 7.55. The third-order valence-electron chi connectivity index (χ3n) is 3.69. The van der Waals surface area contributed by atoms with E-state index in [1.165, 1.54) is 32.1 Å². The second-order valence-electron chi connectivity index (χ2n) is 5.41. The van der Waals surface area contributed by atoms with Gasteiger partial charge in [-0.3, -0.25) is 9.69 Å². The SMILES string of the molecule is CCCCOCCN1CCCCCC1CC(C)=O. The Morgan fingerprint density at radius 3 is 2.83 bits per heavy atom. The van der Waals surface area contributed by atoms with E-state index in [1.54, 1.807) is 6.92 Å². The van der Waals surface area contributed by atoms with Crippen molar-refractivity contribution in [1.82, 2.24) is 4.90 Å². The van der Waals surface area contributed by atoms with Gasteiger partial charge in [0.2, 0.25) is 0 Å². The summed E-state index contributed by atoms with van der Waals surface area (Å²) in [7, 11) is 0. The zero-order valence-corrected chi connectivity index (χ0v) is 12.1. The summed E-state index contributed by atoms with van der Waals surface area (Å²) in [6, 6.07) is 0.458. The molecule has 1 saturated heterocycles. The predicted molar refractivity (Wildman–Crippen MR) is 74.9 cm³/mol. The van der Waals surface area contributed by atoms with Gasteiger partial charge in [0.25, 0.3) is 0 Å². The number of likely N-dealkylation sites (tertiary alicyclic amines) is 1. The average Bonchev–Trinajstić information content (AvgIpc) is 2.54. The van der Waals surface area contributed by atoms with E-state index in [9.17, 15) is 4.79 Å². The summed E-state index contributed by atoms with van der Waals surface area (Å²) in [5.41, 5.74) is 0. The van der Waals surface area contributed by atoms with Crippen molar-refractivity contribution in [3.05, 3.63) is 0 Å². The highest BCUT2D eigenvalue weighted by atomic mass is 16.5. The number of ketones is 1. The highest BCUT2D eigenvalue weighted by molar-refractivity contribution is 5.76. The maximum absolute atomic E-state index is 11.3. The molecule has 1 heterocycles. The van der Waals surface area contributed by atoms with Gasteiger partial charge in [-0.1, -0.05) is 26.2 Å². The van der Waals surface area contributed by atoms with Crippen LogP contribution in [0.15, 0.2) is 0 Å². The quantitative estimate of drug-likeness (QED) is 0.624. The number of nitrogens with zero attached hydrogens (tertiary/aromatic N) is 1. The van der Waals surface area contributed by atoms with E-state index >= 15 is 0 Å². The summed E-state index contributed by atoms with van der Waals surface area (Å²) < 4.78 is 5.64. The Bertz CT molecular complexity index is 231. The minimum atomic E-state index is 0.318. The maximum atomic E-state index is 11.3. The summed E-state index contributed by atoms with van der Waals surface area (Å²) in [5, 5.41) is 0. The number of rotatable bonds is 8. The van der Waals surface area contributed by atoms with Gasteiger partial charge in [-0.15, -0.1) is 0 Å². The Balaban J connectivity index is 2.29. The van der Waals surface area contributed by atoms with Crippen LogP contribution in [0.5, 0.6) is 0 Å². The summed E-state index contributed by atoms with van der Waals surface area (Å²) in [5.74, 6) is 0.318. The Morgan fingerprint density at radius 2 is 2.11 bits per heavy atom. The summed E-state index contributed by atoms with van der Waals surface area (Å²) in [4.78, 5) is 13.8. The van der Waals surface area contributed by atoms with Crippen molar-refractivity contribution in [2.45, 2.75) is 64.8 Å². The van der Waals surface area contributed by atoms with Crippen LogP contribution >= 0.6 is 0 Å². The van der Waals surface area contributed by atoms with E-state index in [0.717, 1.165) is 39.1 Å². The monoisotopic (exact) mass is 255 g/mol. The summed E-state index contributed by atoms with van der Waals surface area (Å²) in [6.45, 7) is 7.70. The number of ether oxygens (including phenoxy) is 1. The first-order chi connectivity index (χ1) is 8.74. The molecule has 0 radical (unpaired) electrons. The van der Waals surface area contributed by atoms with Crippen LogP contribution in [0, 0.1) is 0 Å². The van der Waals surface area contributed by atoms with E-state index in [2.05, 4.69) is 11.8 Å². The zero-order chi connectivity index (χ0) is 13.2. The molecule has 0 aromatic rings. The van der Waals surface area contributed by atoms with Gasteiger partial charge in [-0.2, -0.15) is 0 Å². The molecule has 106 valence electrons. The number of hydrogen-bond donors (Lipinski definition) is 0. The van der Waals surface area contributed by atoms with Gasteiger partial charge in [0.15, 0.2) is 0 Å². The Kier molecular flexibility index (Phi) is 8.27. The molecular weight excluding hydrogens is 226 g/mol. The lowest BCUT2D eigenvalue weighted by Gasteiger charge is -2.29. The number of carbonyl (C=O) groups excluding carboxylic acids is 1. The molecule has 18 heavy (non-hydrogen) atoms. The molecule has 0 spiro atoms. The van der Waals surface area contributed by atoms with Crippen molar-refractivity contribution in [1.29, 1.82) is 0 Å². The van der Waals surface area contributed by atoms with Crippen LogP contribution in [0.1, 0.15) is 58.8 Å². The van der Waals surface area contributed by atoms with Gasteiger partial charge in [0, 0.05) is 25.6 Å². The predicted octanol–water partition coefficient (Wildman–Crippen LogP) is 3.03. The Labute approximate surface area is 112 Å². The Morgan fingerprint density at radius 1 is 1.28 bits per heavy atom. The third kappa shape index (κ3) is 6.50. The molecule has 0 bridgehead atoms. The second kappa shape index (κ2) is 9.51. The fourth-order valence-corrected chi connectivity index (χ4v) is 2.62. The molecule has 1 aliphatic rings. The highest BCUT2D eigenvalue weighted by Crippen LogP contribution is 2.19. The minimum absolute atomic E-state index is 0.318. The van der Waals surface area contributed by atoms with Crippen LogP contribution in [0.25, 0.3) is 0 Å². The van der Waals surface area contributed by atoms with Crippen molar-refractivity contribution < 1.29 is 9.53 Å². The molecule has 1 rings (SSSR count). The molecule has 0 aliphatic carbocycles. The molecule has 0 aromatic heterocycles. The molecule has 1 unspecified atom stereocenters. The van der Waals surface area contributed by atoms with Gasteiger partial charge in [-0.05, 0) is 32.7 Å². The van der Waals surface area contributed by atoms with E-state index in [4.69, 9.17) is 4.74 Å². The van der Waals surface area contributed by atoms with Crippen molar-refractivity contribution in [3.8, 4) is 0 Å². The number of carbonyl (C=O) groups is 1. The van der Waals surface area contributed by atoms with Gasteiger partial charge >= 0.3 is 0 Å². The molecule has 3 nitrogen and oxygen atoms in total. The average molecular weight is 255 g/mol. The van der Waals surface area contributed by atoms with Crippen molar-refractivity contribution >= 4 is 5.78 Å². The lowest BCUT2D eigenvalue weighted by Crippen LogP contribution is -2.38. The second-order valence-corrected chi connectivity index (χ2v) is 5.41. The van der Waals surface area contributed by atoms with E-state index in [-0.39, 0.29) is 0 Å². The van der Waals surface area contributed by atoms with Crippen molar-refractivity contribution in [2.75, 3.05) is 26.3 Å². The molecular formula is C15H29NO2. The van der Waals surface area contributed by atoms with E-state index < -0.39 is 0 Å². The van der Waals surface area contributed by atoms with Gasteiger partial charge in [-0.25, -0.2) is 0 Å². The molecule has 1 atom stereocenters. The van der Waals surface area contributed by atoms with E-state index in [0.29, 0.717) is 11.8 Å². The lowest BCUT2D eigenvalue weighted by atomic mass is 10.0. The lowest BCUT2D eigenvalue weighted by molar-refractivity contribution is -0.118. The van der Waals surface area contributed by atoms with Crippen LogP contribution < -0.4 is 0 Å². The van der Waals surface area contributed by atoms with Gasteiger partial charge in [0.05, 0.1) is 6.61 Å². The zero-order valence-electron chi connectivity index (χ0n) is 12.1. The third-order valence-corrected chi connectivity index (χ3v) is 3.69. The van der Waals surface area contributed by atoms with Crippen LogP contribution in [0.3, 0.4) is 0 Å². The minimum Gasteiger partial charge on any atom is -0.380 e. The molecule has 3 heteroatoms. The first-order valence-electron chi connectivity index (χ1n) is 7.55. The van der Waals surface area contributed by atoms with Crippen LogP contribution in [-0.2, 0) is 9.53 Å². The fraction of sp³-hybridized carbons (Fsp3) is 0.933. The standard InChI is InChI=1S/C15H29NO2/c1-3-4-11-18-12-10-16-9-7-5-6-8-15(16)13-14(2)17/h15H,3-13H2,1-2H3. The van der Waals surface area contributed by atoms with Crippen LogP contribution in [-0.4, -0.2) is 43.0 Å². The normalized spacial score (nSPS) is 21.8. The number of unbranched alkanes of at least 4 members (excludes halogenated alkanes) is 1. The topological polar surface area (TPSA) is 29.5 Å². The van der Waals surface area contributed by atoms with E-state index in [1.807, 2.05) is 0 Å². The van der Waals surface area contributed by atoms with Gasteiger partial charge in [0.1, 0.15) is 5.78 Å². The Hall–Kier alpha value is -0.410. The maximum Gasteiger partial charge on any atom is 0.131 e. The molecule has 0 aromatic carbocycles. The molecule has 0 saturated carbocycles. The fourth-order valence-electron chi connectivity index (χ4n) is 2.62. The molecule has 0 amide bonds. The summed E-state index contributed by atoms with van der Waals surface area (Å²) >= 11 is 0. The number of hydrogen-bond acceptors (Lipinski definition) is 3. The molecule has 1 aliphatic heterocycles. The van der Waals surface area contributed by atoms with Gasteiger partial charge < -0.3 is 4.74 Å². The smallest absolute Gasteiger partial charge is 0.131 e. The molecule has 0 N–H and O–H groups in total. The van der Waals surface area contributed by atoms with Crippen molar-refractivity contribution in [2.24, 2.45) is 0 Å². The van der Waals surface area contributed by atoms with Crippen LogP contribution in [0.4, 0.5) is 0 Å². The molecule has 1 fully saturated rings. The highest BCUT2D eigenvalue weighted by Gasteiger charge is 2.21. The summed E-state index contributed by atoms with van der Waals surface area (Å²) in [6.07, 6.45) is 8.08. The largest absolute Gasteiger partial charge is 0.380 e. The number of Topliss-reactive ketones (excluding diaryl/α,β-unsaturated/α-hetero) is 1. The van der Waals surface area contributed by atoms with Crippen LogP contribution in [0.2, 0.25) is 0 Å².